The van der Waals surface area contributed by atoms with Gasteiger partial charge in [-0.3, -0.25) is 14.4 Å². The van der Waals surface area contributed by atoms with Gasteiger partial charge in [-0.25, -0.2) is 9.67 Å². The van der Waals surface area contributed by atoms with E-state index in [0.717, 1.165) is 49.0 Å². The van der Waals surface area contributed by atoms with Crippen molar-refractivity contribution < 1.29 is 0 Å². The lowest BCUT2D eigenvalue weighted by Crippen LogP contribution is -2.47. The van der Waals surface area contributed by atoms with Crippen molar-refractivity contribution in [3.8, 4) is 10.7 Å². The largest absolute Gasteiger partial charge is 0.296 e. The molecule has 166 valence electrons. The van der Waals surface area contributed by atoms with Gasteiger partial charge >= 0.3 is 0 Å². The van der Waals surface area contributed by atoms with Gasteiger partial charge in [-0.2, -0.15) is 0 Å². The fourth-order valence-electron chi connectivity index (χ4n) is 4.45. The predicted molar refractivity (Wildman–Crippen MR) is 134 cm³/mol. The van der Waals surface area contributed by atoms with Gasteiger partial charge in [0.05, 0.1) is 27.8 Å². The van der Waals surface area contributed by atoms with E-state index in [2.05, 4.69) is 63.1 Å². The number of para-hydroxylation sites is 1. The van der Waals surface area contributed by atoms with E-state index in [-0.39, 0.29) is 0 Å². The van der Waals surface area contributed by atoms with E-state index in [9.17, 15) is 0 Å². The van der Waals surface area contributed by atoms with E-state index in [1.54, 1.807) is 11.3 Å². The highest BCUT2D eigenvalue weighted by Gasteiger charge is 2.30. The molecule has 6 nitrogen and oxygen atoms in total. The quantitative estimate of drug-likeness (QED) is 0.343. The Bertz CT molecular complexity index is 1240. The van der Waals surface area contributed by atoms with Crippen LogP contribution in [0.1, 0.15) is 36.9 Å². The fourth-order valence-corrected chi connectivity index (χ4v) is 6.55. The summed E-state index contributed by atoms with van der Waals surface area (Å²) in [4.78, 5) is 11.1. The summed E-state index contributed by atoms with van der Waals surface area (Å²) in [7, 11) is 0. The molecule has 1 unspecified atom stereocenters. The van der Waals surface area contributed by atoms with Gasteiger partial charge in [0.25, 0.3) is 0 Å². The van der Waals surface area contributed by atoms with Gasteiger partial charge < -0.3 is 0 Å². The van der Waals surface area contributed by atoms with Gasteiger partial charge in [-0.05, 0) is 55.6 Å². The van der Waals surface area contributed by atoms with Crippen molar-refractivity contribution in [1.82, 2.24) is 29.1 Å². The number of piperazine rings is 1. The molecule has 2 fully saturated rings. The third kappa shape index (κ3) is 3.86. The molecule has 1 aromatic carbocycles. The molecule has 0 bridgehead atoms. The zero-order valence-electron chi connectivity index (χ0n) is 18.1. The van der Waals surface area contributed by atoms with Crippen LogP contribution in [0.5, 0.6) is 0 Å². The van der Waals surface area contributed by atoms with Crippen LogP contribution in [0.15, 0.2) is 41.8 Å². The first-order valence-corrected chi connectivity index (χ1v) is 13.3. The van der Waals surface area contributed by atoms with Gasteiger partial charge in [0, 0.05) is 32.2 Å². The number of aromatic nitrogens is 4. The Labute approximate surface area is 200 Å². The summed E-state index contributed by atoms with van der Waals surface area (Å²) < 4.78 is 6.46. The first-order valence-electron chi connectivity index (χ1n) is 11.2. The van der Waals surface area contributed by atoms with Gasteiger partial charge in [-0.15, -0.1) is 27.8 Å². The third-order valence-electron chi connectivity index (χ3n) is 6.48. The van der Waals surface area contributed by atoms with Crippen molar-refractivity contribution in [3.05, 3.63) is 51.6 Å². The molecule has 32 heavy (non-hydrogen) atoms. The van der Waals surface area contributed by atoms with Crippen LogP contribution in [0.2, 0.25) is 0 Å². The average molecular weight is 483 g/mol. The molecular formula is C23H26N6S3. The van der Waals surface area contributed by atoms with Crippen molar-refractivity contribution in [1.29, 1.82) is 0 Å². The number of thiazole rings is 1. The van der Waals surface area contributed by atoms with Crippen LogP contribution in [-0.2, 0) is 6.67 Å². The minimum atomic E-state index is 0.344. The van der Waals surface area contributed by atoms with Crippen molar-refractivity contribution >= 4 is 45.1 Å². The van der Waals surface area contributed by atoms with Crippen LogP contribution in [0, 0.1) is 4.77 Å². The molecular weight excluding hydrogens is 456 g/mol. The summed E-state index contributed by atoms with van der Waals surface area (Å²) in [5, 5.41) is 8.28. The average Bonchev–Trinajstić information content (AvgIpc) is 3.22. The van der Waals surface area contributed by atoms with Crippen molar-refractivity contribution in [2.45, 2.75) is 38.5 Å². The Morgan fingerprint density at radius 1 is 1.09 bits per heavy atom. The highest BCUT2D eigenvalue weighted by Crippen LogP contribution is 2.39. The minimum absolute atomic E-state index is 0.344. The second-order valence-corrected chi connectivity index (χ2v) is 11.1. The zero-order chi connectivity index (χ0) is 21.7. The molecule has 4 heterocycles. The summed E-state index contributed by atoms with van der Waals surface area (Å²) in [6, 6.07) is 13.5. The lowest BCUT2D eigenvalue weighted by molar-refractivity contribution is 0.0788. The number of rotatable bonds is 6. The van der Waals surface area contributed by atoms with E-state index < -0.39 is 0 Å². The second kappa shape index (κ2) is 8.46. The summed E-state index contributed by atoms with van der Waals surface area (Å²) in [5.74, 6) is 1.04. The molecule has 3 aromatic heterocycles. The Balaban J connectivity index is 1.14. The monoisotopic (exact) mass is 482 g/mol. The van der Waals surface area contributed by atoms with Gasteiger partial charge in [0.15, 0.2) is 10.6 Å². The lowest BCUT2D eigenvalue weighted by atomic mass is 10.2. The molecule has 1 saturated heterocycles. The number of hydrogen-bond donors (Lipinski definition) is 0. The molecule has 4 aromatic rings. The van der Waals surface area contributed by atoms with E-state index in [4.69, 9.17) is 22.3 Å². The molecule has 9 heteroatoms. The van der Waals surface area contributed by atoms with Crippen LogP contribution in [-0.4, -0.2) is 55.3 Å². The summed E-state index contributed by atoms with van der Waals surface area (Å²) in [6.07, 6.45) is 2.42. The molecule has 1 atom stereocenters. The number of thiophene rings is 1. The van der Waals surface area contributed by atoms with Crippen LogP contribution in [0.25, 0.3) is 20.9 Å². The highest BCUT2D eigenvalue weighted by atomic mass is 32.1. The maximum atomic E-state index is 5.86. The highest BCUT2D eigenvalue weighted by molar-refractivity contribution is 7.71. The molecule has 1 saturated carbocycles. The van der Waals surface area contributed by atoms with Gasteiger partial charge in [0.1, 0.15) is 5.01 Å². The summed E-state index contributed by atoms with van der Waals surface area (Å²) >= 11 is 9.41. The fraction of sp³-hybridized carbons (Fsp3) is 0.435. The Hall–Kier alpha value is -1.91. The van der Waals surface area contributed by atoms with Crippen molar-refractivity contribution in [3.63, 3.8) is 0 Å². The SMILES string of the molecule is CC(c1nc2ccccc2s1)N1CCN(Cn2nc(-c3cccs3)n(C3CC3)c2=S)CC1. The minimum Gasteiger partial charge on any atom is -0.296 e. The molecule has 6 rings (SSSR count). The zero-order valence-corrected chi connectivity index (χ0v) is 20.5. The third-order valence-corrected chi connectivity index (χ3v) is 8.96. The Morgan fingerprint density at radius 3 is 2.62 bits per heavy atom. The number of hydrogen-bond acceptors (Lipinski definition) is 7. The maximum absolute atomic E-state index is 5.86. The smallest absolute Gasteiger partial charge is 0.199 e. The first-order chi connectivity index (χ1) is 15.7. The van der Waals surface area contributed by atoms with Gasteiger partial charge in [-0.1, -0.05) is 18.2 Å². The summed E-state index contributed by atoms with van der Waals surface area (Å²) in [6.45, 7) is 7.15. The number of fused-ring (bicyclic) bond motifs is 1. The molecule has 0 amide bonds. The van der Waals surface area contributed by atoms with E-state index in [1.807, 2.05) is 16.0 Å². The van der Waals surface area contributed by atoms with Crippen molar-refractivity contribution in [2.24, 2.45) is 0 Å². The lowest BCUT2D eigenvalue weighted by Gasteiger charge is -2.37. The first kappa shape index (κ1) is 20.7. The predicted octanol–water partition coefficient (Wildman–Crippen LogP) is 5.42. The van der Waals surface area contributed by atoms with E-state index in [1.165, 1.54) is 27.4 Å². The molecule has 0 N–H and O–H groups in total. The van der Waals surface area contributed by atoms with Crippen LogP contribution >= 0.6 is 34.9 Å². The van der Waals surface area contributed by atoms with Gasteiger partial charge in [0.2, 0.25) is 0 Å². The van der Waals surface area contributed by atoms with E-state index in [0.29, 0.717) is 12.1 Å². The van der Waals surface area contributed by atoms with E-state index >= 15 is 0 Å². The van der Waals surface area contributed by atoms with Crippen LogP contribution < -0.4 is 0 Å². The number of nitrogens with zero attached hydrogens (tertiary/aromatic N) is 6. The van der Waals surface area contributed by atoms with Crippen molar-refractivity contribution in [2.75, 3.05) is 26.2 Å². The molecule has 1 aliphatic carbocycles. The molecule has 0 radical (unpaired) electrons. The normalized spacial score (nSPS) is 19.0. The second-order valence-electron chi connectivity index (χ2n) is 8.68. The molecule has 1 aliphatic heterocycles. The molecule has 2 aliphatic rings. The van der Waals surface area contributed by atoms with Crippen LogP contribution in [0.4, 0.5) is 0 Å². The summed E-state index contributed by atoms with van der Waals surface area (Å²) in [5.41, 5.74) is 1.11. The maximum Gasteiger partial charge on any atom is 0.199 e. The Morgan fingerprint density at radius 2 is 1.91 bits per heavy atom. The molecule has 0 spiro atoms. The number of benzene rings is 1. The Kier molecular flexibility index (Phi) is 5.47. The standard InChI is InChI=1S/C23H26N6S3/c1-16(22-24-18-5-2-3-6-19(18)32-22)27-12-10-26(11-13-27)15-28-23(30)29(17-8-9-17)21(25-28)20-7-4-14-31-20/h2-7,14,16-17H,8-13,15H2,1H3. The topological polar surface area (TPSA) is 42.1 Å². The van der Waals surface area contributed by atoms with Crippen LogP contribution in [0.3, 0.4) is 0 Å².